The second kappa shape index (κ2) is 7.51. The van der Waals surface area contributed by atoms with E-state index in [0.29, 0.717) is 32.2 Å². The van der Waals surface area contributed by atoms with Gasteiger partial charge < -0.3 is 9.64 Å². The number of anilines is 1. The fourth-order valence-corrected chi connectivity index (χ4v) is 2.94. The van der Waals surface area contributed by atoms with Crippen LogP contribution in [0.3, 0.4) is 0 Å². The Bertz CT molecular complexity index is 527. The standard InChI is InChI=1S/C17H28F2N3O/c1-5-9-22-12-20-16(14(18)15(22)19)21(6-2)10-13-7-8-17(3,4)23-11-13/h12-13H,5-11H2,1-4H3/q+1/t13-/m1/s1. The van der Waals surface area contributed by atoms with Crippen molar-refractivity contribution >= 4 is 5.82 Å². The van der Waals surface area contributed by atoms with Gasteiger partial charge in [-0.1, -0.05) is 6.92 Å². The van der Waals surface area contributed by atoms with Crippen LogP contribution in [0.15, 0.2) is 6.33 Å². The minimum absolute atomic E-state index is 0.0818. The molecule has 0 spiro atoms. The van der Waals surface area contributed by atoms with E-state index in [1.54, 1.807) is 4.90 Å². The maximum absolute atomic E-state index is 14.4. The van der Waals surface area contributed by atoms with Crippen LogP contribution in [-0.4, -0.2) is 30.3 Å². The molecule has 1 aliphatic heterocycles. The minimum atomic E-state index is -0.861. The quantitative estimate of drug-likeness (QED) is 0.594. The third-order valence-electron chi connectivity index (χ3n) is 4.44. The predicted molar refractivity (Wildman–Crippen MR) is 85.3 cm³/mol. The Kier molecular flexibility index (Phi) is 5.89. The van der Waals surface area contributed by atoms with Crippen LogP contribution in [0, 0.1) is 17.7 Å². The highest BCUT2D eigenvalue weighted by Gasteiger charge is 2.31. The van der Waals surface area contributed by atoms with Crippen LogP contribution in [-0.2, 0) is 11.3 Å². The molecule has 0 radical (unpaired) electrons. The molecule has 23 heavy (non-hydrogen) atoms. The third-order valence-corrected chi connectivity index (χ3v) is 4.44. The number of rotatable bonds is 6. The summed E-state index contributed by atoms with van der Waals surface area (Å²) in [6.07, 6.45) is 4.12. The average molecular weight is 328 g/mol. The van der Waals surface area contributed by atoms with E-state index >= 15 is 0 Å². The molecule has 1 atom stereocenters. The van der Waals surface area contributed by atoms with Gasteiger partial charge >= 0.3 is 5.95 Å². The lowest BCUT2D eigenvalue weighted by molar-refractivity contribution is -0.728. The van der Waals surface area contributed by atoms with Gasteiger partial charge in [-0.2, -0.15) is 8.78 Å². The Morgan fingerprint density at radius 2 is 2.13 bits per heavy atom. The highest BCUT2D eigenvalue weighted by Crippen LogP contribution is 2.29. The molecule has 1 fully saturated rings. The van der Waals surface area contributed by atoms with E-state index in [1.165, 1.54) is 10.9 Å². The highest BCUT2D eigenvalue weighted by atomic mass is 19.2. The van der Waals surface area contributed by atoms with E-state index in [0.717, 1.165) is 19.3 Å². The molecule has 0 aliphatic carbocycles. The van der Waals surface area contributed by atoms with Crippen molar-refractivity contribution in [1.82, 2.24) is 4.98 Å². The van der Waals surface area contributed by atoms with Gasteiger partial charge in [0.1, 0.15) is 0 Å². The van der Waals surface area contributed by atoms with Crippen molar-refractivity contribution in [3.05, 3.63) is 18.1 Å². The first kappa shape index (κ1) is 18.0. The van der Waals surface area contributed by atoms with E-state index in [2.05, 4.69) is 18.8 Å². The Morgan fingerprint density at radius 3 is 2.70 bits per heavy atom. The Morgan fingerprint density at radius 1 is 1.39 bits per heavy atom. The Balaban J connectivity index is 2.10. The summed E-state index contributed by atoms with van der Waals surface area (Å²) in [7, 11) is 0. The van der Waals surface area contributed by atoms with Gasteiger partial charge in [-0.05, 0) is 45.0 Å². The van der Waals surface area contributed by atoms with E-state index in [9.17, 15) is 8.78 Å². The zero-order valence-electron chi connectivity index (χ0n) is 14.6. The van der Waals surface area contributed by atoms with E-state index < -0.39 is 11.8 Å². The highest BCUT2D eigenvalue weighted by molar-refractivity contribution is 5.37. The van der Waals surface area contributed by atoms with Crippen LogP contribution in [0.5, 0.6) is 0 Å². The van der Waals surface area contributed by atoms with Crippen molar-refractivity contribution in [1.29, 1.82) is 0 Å². The fraction of sp³-hybridized carbons (Fsp3) is 0.765. The molecule has 0 aromatic carbocycles. The summed E-state index contributed by atoms with van der Waals surface area (Å²) in [4.78, 5) is 5.96. The number of aromatic nitrogens is 2. The van der Waals surface area contributed by atoms with Gasteiger partial charge in [-0.15, -0.1) is 0 Å². The van der Waals surface area contributed by atoms with Crippen LogP contribution < -0.4 is 9.47 Å². The summed E-state index contributed by atoms with van der Waals surface area (Å²) in [6.45, 7) is 10.3. The average Bonchev–Trinajstić information content (AvgIpc) is 2.52. The zero-order chi connectivity index (χ0) is 17.0. The molecule has 1 aromatic heterocycles. The van der Waals surface area contributed by atoms with Crippen LogP contribution >= 0.6 is 0 Å². The van der Waals surface area contributed by atoms with Crippen molar-refractivity contribution in [2.45, 2.75) is 59.1 Å². The molecule has 4 nitrogen and oxygen atoms in total. The van der Waals surface area contributed by atoms with E-state index in [1.807, 2.05) is 13.8 Å². The lowest BCUT2D eigenvalue weighted by Crippen LogP contribution is -2.43. The van der Waals surface area contributed by atoms with Crippen molar-refractivity contribution < 1.29 is 18.1 Å². The van der Waals surface area contributed by atoms with Gasteiger partial charge in [0.15, 0.2) is 0 Å². The summed E-state index contributed by atoms with van der Waals surface area (Å²) >= 11 is 0. The van der Waals surface area contributed by atoms with Crippen LogP contribution in [0.25, 0.3) is 0 Å². The molecule has 1 aromatic rings. The number of nitrogens with zero attached hydrogens (tertiary/aromatic N) is 3. The summed E-state index contributed by atoms with van der Waals surface area (Å²) in [6, 6.07) is 0. The predicted octanol–water partition coefficient (Wildman–Crippen LogP) is 3.09. The summed E-state index contributed by atoms with van der Waals surface area (Å²) in [5, 5.41) is 0. The molecule has 0 bridgehead atoms. The molecule has 130 valence electrons. The molecule has 0 unspecified atom stereocenters. The maximum atomic E-state index is 14.4. The first-order valence-electron chi connectivity index (χ1n) is 8.50. The summed E-state index contributed by atoms with van der Waals surface area (Å²) in [5.41, 5.74) is -0.0818. The van der Waals surface area contributed by atoms with Crippen molar-refractivity contribution in [3.63, 3.8) is 0 Å². The monoisotopic (exact) mass is 328 g/mol. The molecule has 6 heteroatoms. The second-order valence-electron chi connectivity index (χ2n) is 6.88. The van der Waals surface area contributed by atoms with E-state index in [-0.39, 0.29) is 11.4 Å². The van der Waals surface area contributed by atoms with Gasteiger partial charge in [-0.25, -0.2) is 4.57 Å². The molecule has 1 aliphatic rings. The molecule has 2 rings (SSSR count). The number of aryl methyl sites for hydroxylation is 1. The van der Waals surface area contributed by atoms with Crippen LogP contribution in [0.2, 0.25) is 0 Å². The van der Waals surface area contributed by atoms with Gasteiger partial charge in [0.25, 0.3) is 18.0 Å². The molecular formula is C17H28F2N3O+. The van der Waals surface area contributed by atoms with E-state index in [4.69, 9.17) is 4.74 Å². The van der Waals surface area contributed by atoms with Gasteiger partial charge in [0, 0.05) is 19.0 Å². The number of hydrogen-bond donors (Lipinski definition) is 0. The van der Waals surface area contributed by atoms with Gasteiger partial charge in [-0.3, -0.25) is 0 Å². The normalized spacial score (nSPS) is 20.5. The van der Waals surface area contributed by atoms with Crippen LogP contribution in [0.1, 0.15) is 47.0 Å². The summed E-state index contributed by atoms with van der Waals surface area (Å²) in [5.74, 6) is -1.28. The zero-order valence-corrected chi connectivity index (χ0v) is 14.6. The third kappa shape index (κ3) is 4.37. The molecule has 1 saturated heterocycles. The molecular weight excluding hydrogens is 300 g/mol. The first-order valence-corrected chi connectivity index (χ1v) is 8.50. The lowest BCUT2D eigenvalue weighted by Gasteiger charge is -2.36. The van der Waals surface area contributed by atoms with Crippen molar-refractivity contribution in [3.8, 4) is 0 Å². The number of ether oxygens (including phenoxy) is 1. The minimum Gasteiger partial charge on any atom is -0.375 e. The Hall–Kier alpha value is -1.30. The van der Waals surface area contributed by atoms with Gasteiger partial charge in [0.2, 0.25) is 0 Å². The number of halogens is 2. The first-order chi connectivity index (χ1) is 10.9. The smallest absolute Gasteiger partial charge is 0.320 e. The second-order valence-corrected chi connectivity index (χ2v) is 6.88. The van der Waals surface area contributed by atoms with Crippen molar-refractivity contribution in [2.24, 2.45) is 5.92 Å². The SMILES string of the molecule is CCC[n+]1cnc(N(CC)C[C@H]2CCC(C)(C)OC2)c(F)c1F. The van der Waals surface area contributed by atoms with Crippen molar-refractivity contribution in [2.75, 3.05) is 24.6 Å². The fourth-order valence-electron chi connectivity index (χ4n) is 2.94. The maximum Gasteiger partial charge on any atom is 0.320 e. The van der Waals surface area contributed by atoms with Gasteiger partial charge in [0.05, 0.1) is 18.8 Å². The lowest BCUT2D eigenvalue weighted by atomic mass is 9.91. The molecule has 0 amide bonds. The summed E-state index contributed by atoms with van der Waals surface area (Å²) < 4.78 is 35.6. The topological polar surface area (TPSA) is 29.2 Å². The Labute approximate surface area is 137 Å². The number of hydrogen-bond acceptors (Lipinski definition) is 3. The molecule has 2 heterocycles. The largest absolute Gasteiger partial charge is 0.375 e. The molecule has 0 N–H and O–H groups in total. The van der Waals surface area contributed by atoms with Crippen LogP contribution in [0.4, 0.5) is 14.6 Å². The molecule has 0 saturated carbocycles.